The number of aromatic hydroxyl groups is 1. The van der Waals surface area contributed by atoms with E-state index in [1.54, 1.807) is 12.3 Å². The Morgan fingerprint density at radius 3 is 2.35 bits per heavy atom. The highest BCUT2D eigenvalue weighted by Crippen LogP contribution is 2.32. The Morgan fingerprint density at radius 2 is 1.57 bits per heavy atom. The Balaban J connectivity index is 2.10. The average Bonchev–Trinajstić information content (AvgIpc) is 2.53. The fourth-order valence-electron chi connectivity index (χ4n) is 2.77. The molecule has 0 aromatic heterocycles. The van der Waals surface area contributed by atoms with Gasteiger partial charge in [-0.15, -0.1) is 0 Å². The predicted octanol–water partition coefficient (Wildman–Crippen LogP) is 5.59. The lowest BCUT2D eigenvalue weighted by Gasteiger charge is -2.20. The first-order valence-electron chi connectivity index (χ1n) is 7.81. The molecule has 0 aliphatic carbocycles. The highest BCUT2D eigenvalue weighted by molar-refractivity contribution is 6.03. The van der Waals surface area contributed by atoms with E-state index in [0.717, 1.165) is 22.0 Å². The van der Waals surface area contributed by atoms with Crippen molar-refractivity contribution in [3.63, 3.8) is 0 Å². The standard InChI is InChI=1S/C21H21NO/c1-21(2,3)18-10-6-7-11-19(18)22-14-17-16-9-5-4-8-15(16)12-13-20(17)23/h4-14,23H,1-3H3. The maximum absolute atomic E-state index is 10.2. The molecule has 3 aromatic rings. The smallest absolute Gasteiger partial charge is 0.124 e. The Bertz CT molecular complexity index is 872. The van der Waals surface area contributed by atoms with Crippen LogP contribution in [-0.2, 0) is 5.41 Å². The predicted molar refractivity (Wildman–Crippen MR) is 98.0 cm³/mol. The van der Waals surface area contributed by atoms with Gasteiger partial charge in [-0.25, -0.2) is 0 Å². The van der Waals surface area contributed by atoms with E-state index >= 15 is 0 Å². The van der Waals surface area contributed by atoms with Crippen molar-refractivity contribution in [3.8, 4) is 5.75 Å². The van der Waals surface area contributed by atoms with E-state index in [1.165, 1.54) is 5.56 Å². The summed E-state index contributed by atoms with van der Waals surface area (Å²) in [6, 6.07) is 19.8. The van der Waals surface area contributed by atoms with Crippen molar-refractivity contribution >= 4 is 22.7 Å². The summed E-state index contributed by atoms with van der Waals surface area (Å²) in [7, 11) is 0. The van der Waals surface area contributed by atoms with Crippen molar-refractivity contribution in [2.75, 3.05) is 0 Å². The molecule has 116 valence electrons. The van der Waals surface area contributed by atoms with Gasteiger partial charge in [0.15, 0.2) is 0 Å². The quantitative estimate of drug-likeness (QED) is 0.615. The van der Waals surface area contributed by atoms with Crippen LogP contribution in [0.2, 0.25) is 0 Å². The molecule has 0 bridgehead atoms. The molecule has 23 heavy (non-hydrogen) atoms. The van der Waals surface area contributed by atoms with E-state index < -0.39 is 0 Å². The molecule has 3 rings (SSSR count). The first kappa shape index (κ1) is 15.3. The molecule has 0 saturated heterocycles. The Morgan fingerprint density at radius 1 is 0.870 bits per heavy atom. The lowest BCUT2D eigenvalue weighted by atomic mass is 9.86. The minimum atomic E-state index is 0.0226. The minimum Gasteiger partial charge on any atom is -0.507 e. The third kappa shape index (κ3) is 3.11. The van der Waals surface area contributed by atoms with Gasteiger partial charge in [-0.05, 0) is 33.9 Å². The Hall–Kier alpha value is -2.61. The van der Waals surface area contributed by atoms with Crippen molar-refractivity contribution in [1.29, 1.82) is 0 Å². The Labute approximate surface area is 137 Å². The molecule has 2 heteroatoms. The molecule has 1 N–H and O–H groups in total. The van der Waals surface area contributed by atoms with Crippen molar-refractivity contribution in [3.05, 3.63) is 71.8 Å². The topological polar surface area (TPSA) is 32.6 Å². The molecule has 3 aromatic carbocycles. The van der Waals surface area contributed by atoms with Crippen molar-refractivity contribution in [1.82, 2.24) is 0 Å². The Kier molecular flexibility index (Phi) is 3.91. The van der Waals surface area contributed by atoms with Gasteiger partial charge in [-0.2, -0.15) is 0 Å². The number of hydrogen-bond donors (Lipinski definition) is 1. The van der Waals surface area contributed by atoms with Crippen LogP contribution < -0.4 is 0 Å². The van der Waals surface area contributed by atoms with Crippen LogP contribution in [0, 0.1) is 0 Å². The van der Waals surface area contributed by atoms with Crippen LogP contribution in [0.1, 0.15) is 31.9 Å². The van der Waals surface area contributed by atoms with E-state index in [2.05, 4.69) is 31.8 Å². The summed E-state index contributed by atoms with van der Waals surface area (Å²) in [4.78, 5) is 4.67. The normalized spacial score (nSPS) is 12.1. The highest BCUT2D eigenvalue weighted by Gasteiger charge is 2.17. The molecule has 0 spiro atoms. The third-order valence-electron chi connectivity index (χ3n) is 3.99. The van der Waals surface area contributed by atoms with Crippen LogP contribution in [0.3, 0.4) is 0 Å². The number of phenols is 1. The summed E-state index contributed by atoms with van der Waals surface area (Å²) in [5.74, 6) is 0.251. The fraction of sp³-hybridized carbons (Fsp3) is 0.190. The zero-order chi connectivity index (χ0) is 16.4. The number of para-hydroxylation sites is 1. The summed E-state index contributed by atoms with van der Waals surface area (Å²) in [6.07, 6.45) is 1.77. The van der Waals surface area contributed by atoms with Gasteiger partial charge < -0.3 is 5.11 Å². The summed E-state index contributed by atoms with van der Waals surface area (Å²) in [5, 5.41) is 12.3. The lowest BCUT2D eigenvalue weighted by Crippen LogP contribution is -2.11. The number of hydrogen-bond acceptors (Lipinski definition) is 2. The molecule has 0 aliphatic heterocycles. The zero-order valence-corrected chi connectivity index (χ0v) is 13.7. The summed E-state index contributed by atoms with van der Waals surface area (Å²) >= 11 is 0. The number of benzene rings is 3. The van der Waals surface area contributed by atoms with Crippen LogP contribution in [0.25, 0.3) is 10.8 Å². The second-order valence-electron chi connectivity index (χ2n) is 6.74. The maximum Gasteiger partial charge on any atom is 0.124 e. The van der Waals surface area contributed by atoms with Crippen LogP contribution in [0.15, 0.2) is 65.7 Å². The van der Waals surface area contributed by atoms with Crippen molar-refractivity contribution in [2.24, 2.45) is 4.99 Å². The van der Waals surface area contributed by atoms with E-state index in [-0.39, 0.29) is 11.2 Å². The average molecular weight is 303 g/mol. The molecule has 0 heterocycles. The van der Waals surface area contributed by atoms with Crippen molar-refractivity contribution in [2.45, 2.75) is 26.2 Å². The first-order valence-corrected chi connectivity index (χ1v) is 7.81. The van der Waals surface area contributed by atoms with E-state index in [1.807, 2.05) is 48.5 Å². The highest BCUT2D eigenvalue weighted by atomic mass is 16.3. The molecule has 0 fully saturated rings. The molecule has 0 atom stereocenters. The van der Waals surface area contributed by atoms with Gasteiger partial charge in [0.1, 0.15) is 5.75 Å². The minimum absolute atomic E-state index is 0.0226. The molecule has 0 radical (unpaired) electrons. The molecule has 0 unspecified atom stereocenters. The van der Waals surface area contributed by atoms with E-state index in [4.69, 9.17) is 0 Å². The van der Waals surface area contributed by atoms with Gasteiger partial charge in [0.25, 0.3) is 0 Å². The third-order valence-corrected chi connectivity index (χ3v) is 3.99. The van der Waals surface area contributed by atoms with Crippen LogP contribution in [0.4, 0.5) is 5.69 Å². The van der Waals surface area contributed by atoms with Gasteiger partial charge in [-0.1, -0.05) is 69.3 Å². The SMILES string of the molecule is CC(C)(C)c1ccccc1N=Cc1c(O)ccc2ccccc12. The fourth-order valence-corrected chi connectivity index (χ4v) is 2.77. The lowest BCUT2D eigenvalue weighted by molar-refractivity contribution is 0.475. The molecule has 2 nitrogen and oxygen atoms in total. The molecular formula is C21H21NO. The monoisotopic (exact) mass is 303 g/mol. The van der Waals surface area contributed by atoms with Crippen LogP contribution in [-0.4, -0.2) is 11.3 Å². The van der Waals surface area contributed by atoms with Gasteiger partial charge in [0.2, 0.25) is 0 Å². The zero-order valence-electron chi connectivity index (χ0n) is 13.7. The largest absolute Gasteiger partial charge is 0.507 e. The summed E-state index contributed by atoms with van der Waals surface area (Å²) in [6.45, 7) is 6.53. The summed E-state index contributed by atoms with van der Waals surface area (Å²) < 4.78 is 0. The van der Waals surface area contributed by atoms with Gasteiger partial charge >= 0.3 is 0 Å². The number of rotatable bonds is 2. The van der Waals surface area contributed by atoms with Gasteiger partial charge in [0, 0.05) is 11.8 Å². The number of fused-ring (bicyclic) bond motifs is 1. The van der Waals surface area contributed by atoms with Crippen LogP contribution in [0.5, 0.6) is 5.75 Å². The number of phenolic OH excluding ortho intramolecular Hbond substituents is 1. The first-order chi connectivity index (χ1) is 11.0. The van der Waals surface area contributed by atoms with Gasteiger partial charge in [-0.3, -0.25) is 4.99 Å². The maximum atomic E-state index is 10.2. The number of aliphatic imine (C=N–C) groups is 1. The molecule has 0 amide bonds. The molecule has 0 saturated carbocycles. The van der Waals surface area contributed by atoms with Crippen molar-refractivity contribution < 1.29 is 5.11 Å². The van der Waals surface area contributed by atoms with E-state index in [0.29, 0.717) is 0 Å². The summed E-state index contributed by atoms with van der Waals surface area (Å²) in [5.41, 5.74) is 2.91. The van der Waals surface area contributed by atoms with Gasteiger partial charge in [0.05, 0.1) is 5.69 Å². The van der Waals surface area contributed by atoms with Crippen LogP contribution >= 0.6 is 0 Å². The molecular weight excluding hydrogens is 282 g/mol. The van der Waals surface area contributed by atoms with E-state index in [9.17, 15) is 5.11 Å². The number of nitrogens with zero attached hydrogens (tertiary/aromatic N) is 1. The second-order valence-corrected chi connectivity index (χ2v) is 6.74. The molecule has 0 aliphatic rings. The second kappa shape index (κ2) is 5.88.